The van der Waals surface area contributed by atoms with Crippen molar-refractivity contribution in [2.45, 2.75) is 93.5 Å². The van der Waals surface area contributed by atoms with Gasteiger partial charge >= 0.3 is 0 Å². The Hall–Kier alpha value is -0.300. The molecule has 0 aliphatic heterocycles. The van der Waals surface area contributed by atoms with Crippen LogP contribution in [0.15, 0.2) is 12.2 Å². The molecule has 1 heteroatoms. The van der Waals surface area contributed by atoms with Gasteiger partial charge in [-0.15, -0.1) is 0 Å². The minimum atomic E-state index is -0.103. The minimum Gasteiger partial charge on any atom is -0.326 e. The van der Waals surface area contributed by atoms with Gasteiger partial charge in [0.05, 0.1) is 0 Å². The molecule has 0 aliphatic carbocycles. The summed E-state index contributed by atoms with van der Waals surface area (Å²) >= 11 is 0. The fourth-order valence-corrected chi connectivity index (χ4v) is 4.62. The highest BCUT2D eigenvalue weighted by Gasteiger charge is 2.46. The first kappa shape index (κ1) is 20.7. The number of hydrogen-bond donors (Lipinski definition) is 1. The Morgan fingerprint density at radius 3 is 1.86 bits per heavy atom. The Bertz CT molecular complexity index is 319. The molecule has 0 fully saturated rings. The molecule has 0 aromatic heterocycles. The maximum absolute atomic E-state index is 6.35. The first-order valence-electron chi connectivity index (χ1n) is 8.84. The molecule has 0 saturated heterocycles. The van der Waals surface area contributed by atoms with Crippen molar-refractivity contribution in [3.63, 3.8) is 0 Å². The summed E-state index contributed by atoms with van der Waals surface area (Å²) in [6, 6.07) is 0. The average molecular weight is 296 g/mol. The summed E-state index contributed by atoms with van der Waals surface area (Å²) < 4.78 is 0. The van der Waals surface area contributed by atoms with Gasteiger partial charge in [0.25, 0.3) is 0 Å². The Morgan fingerprint density at radius 2 is 1.52 bits per heavy atom. The number of hydrogen-bond acceptors (Lipinski definition) is 1. The van der Waals surface area contributed by atoms with Gasteiger partial charge in [-0.3, -0.25) is 0 Å². The zero-order valence-electron chi connectivity index (χ0n) is 16.2. The number of rotatable bonds is 9. The maximum atomic E-state index is 6.35. The van der Waals surface area contributed by atoms with Crippen LogP contribution in [0.3, 0.4) is 0 Å². The molecule has 2 atom stereocenters. The van der Waals surface area contributed by atoms with Crippen LogP contribution in [0.2, 0.25) is 0 Å². The lowest BCUT2D eigenvalue weighted by Crippen LogP contribution is -2.46. The van der Waals surface area contributed by atoms with Crippen molar-refractivity contribution >= 4 is 0 Å². The molecular formula is C20H41N. The third kappa shape index (κ3) is 5.77. The van der Waals surface area contributed by atoms with E-state index in [0.29, 0.717) is 5.92 Å². The summed E-state index contributed by atoms with van der Waals surface area (Å²) in [5.74, 6) is 1.31. The van der Waals surface area contributed by atoms with E-state index in [2.05, 4.69) is 74.5 Å². The van der Waals surface area contributed by atoms with Gasteiger partial charge in [0.1, 0.15) is 0 Å². The van der Waals surface area contributed by atoms with Crippen LogP contribution < -0.4 is 5.73 Å². The Labute approximate surface area is 134 Å². The molecule has 0 amide bonds. The largest absolute Gasteiger partial charge is 0.326 e. The summed E-state index contributed by atoms with van der Waals surface area (Å²) in [6.07, 6.45) is 9.55. The Morgan fingerprint density at radius 1 is 1.00 bits per heavy atom. The normalized spacial score (nSPS) is 18.2. The van der Waals surface area contributed by atoms with Crippen molar-refractivity contribution in [3.05, 3.63) is 12.2 Å². The molecule has 21 heavy (non-hydrogen) atoms. The van der Waals surface area contributed by atoms with Crippen molar-refractivity contribution in [2.75, 3.05) is 0 Å². The van der Waals surface area contributed by atoms with E-state index in [1.165, 1.54) is 19.3 Å². The van der Waals surface area contributed by atoms with Gasteiger partial charge in [0.15, 0.2) is 0 Å². The van der Waals surface area contributed by atoms with Gasteiger partial charge in [0.2, 0.25) is 0 Å². The first-order valence-corrected chi connectivity index (χ1v) is 8.84. The van der Waals surface area contributed by atoms with Crippen molar-refractivity contribution in [1.29, 1.82) is 0 Å². The quantitative estimate of drug-likeness (QED) is 0.505. The van der Waals surface area contributed by atoms with E-state index in [-0.39, 0.29) is 16.4 Å². The third-order valence-electron chi connectivity index (χ3n) is 5.02. The fourth-order valence-electron chi connectivity index (χ4n) is 4.62. The van der Waals surface area contributed by atoms with Gasteiger partial charge in [-0.1, -0.05) is 60.1 Å². The van der Waals surface area contributed by atoms with E-state index < -0.39 is 0 Å². The second-order valence-corrected chi connectivity index (χ2v) is 8.87. The highest BCUT2D eigenvalue weighted by Crippen LogP contribution is 2.54. The zero-order valence-corrected chi connectivity index (χ0v) is 16.2. The highest BCUT2D eigenvalue weighted by atomic mass is 14.7. The molecule has 1 nitrogen and oxygen atoms in total. The molecule has 0 heterocycles. The van der Waals surface area contributed by atoms with Crippen molar-refractivity contribution < 1.29 is 0 Å². The molecule has 0 saturated carbocycles. The van der Waals surface area contributed by atoms with E-state index in [1.807, 2.05) is 0 Å². The molecular weight excluding hydrogens is 254 g/mol. The molecule has 0 rings (SSSR count). The number of nitrogens with two attached hydrogens (primary N) is 1. The van der Waals surface area contributed by atoms with Crippen LogP contribution in [-0.2, 0) is 0 Å². The molecule has 0 radical (unpaired) electrons. The van der Waals surface area contributed by atoms with Crippen LogP contribution in [0.4, 0.5) is 0 Å². The maximum Gasteiger partial charge on any atom is 0.00999 e. The molecule has 0 aromatic rings. The lowest BCUT2D eigenvalue weighted by molar-refractivity contribution is 0.0192. The second kappa shape index (κ2) is 7.81. The van der Waals surface area contributed by atoms with Crippen molar-refractivity contribution in [2.24, 2.45) is 28.4 Å². The zero-order chi connectivity index (χ0) is 16.9. The molecule has 0 spiro atoms. The first-order chi connectivity index (χ1) is 9.42. The molecule has 0 bridgehead atoms. The lowest BCUT2D eigenvalue weighted by Gasteiger charge is -2.51. The monoisotopic (exact) mass is 295 g/mol. The van der Waals surface area contributed by atoms with Crippen LogP contribution in [0.25, 0.3) is 0 Å². The SMILES string of the molecule is CC=CC(CCC)(C(C)CC(C)(C)N)C(C)(C)CC(C)C. The topological polar surface area (TPSA) is 26.0 Å². The van der Waals surface area contributed by atoms with E-state index in [9.17, 15) is 0 Å². The molecule has 2 unspecified atom stereocenters. The summed E-state index contributed by atoms with van der Waals surface area (Å²) in [5.41, 5.74) is 6.76. The van der Waals surface area contributed by atoms with Crippen LogP contribution >= 0.6 is 0 Å². The van der Waals surface area contributed by atoms with Gasteiger partial charge in [-0.25, -0.2) is 0 Å². The Kier molecular flexibility index (Phi) is 7.70. The van der Waals surface area contributed by atoms with E-state index >= 15 is 0 Å². The molecule has 2 N–H and O–H groups in total. The van der Waals surface area contributed by atoms with Gasteiger partial charge in [-0.2, -0.15) is 0 Å². The summed E-state index contributed by atoms with van der Waals surface area (Å²) in [4.78, 5) is 0. The standard InChI is InChI=1S/C20H41N/c1-10-12-20(13-11-2,17(5)15-19(8,9)21)18(6,7)14-16(3)4/h10,12,16-17H,11,13-15,21H2,1-9H3. The molecule has 0 aromatic carbocycles. The van der Waals surface area contributed by atoms with E-state index in [4.69, 9.17) is 5.73 Å². The van der Waals surface area contributed by atoms with Gasteiger partial charge in [0, 0.05) is 5.54 Å². The molecule has 0 aliphatic rings. The average Bonchev–Trinajstić information content (AvgIpc) is 2.23. The van der Waals surface area contributed by atoms with E-state index in [1.54, 1.807) is 0 Å². The summed E-state index contributed by atoms with van der Waals surface area (Å²) in [6.45, 7) is 20.8. The summed E-state index contributed by atoms with van der Waals surface area (Å²) in [7, 11) is 0. The summed E-state index contributed by atoms with van der Waals surface area (Å²) in [5, 5.41) is 0. The predicted octanol–water partition coefficient (Wildman–Crippen LogP) is 6.18. The van der Waals surface area contributed by atoms with Crippen LogP contribution in [-0.4, -0.2) is 5.54 Å². The smallest absolute Gasteiger partial charge is 0.00999 e. The molecule has 126 valence electrons. The highest BCUT2D eigenvalue weighted by molar-refractivity contribution is 5.09. The second-order valence-electron chi connectivity index (χ2n) is 8.87. The predicted molar refractivity (Wildman–Crippen MR) is 97.4 cm³/mol. The van der Waals surface area contributed by atoms with E-state index in [0.717, 1.165) is 12.3 Å². The minimum absolute atomic E-state index is 0.103. The number of allylic oxidation sites excluding steroid dienone is 2. The van der Waals surface area contributed by atoms with Crippen molar-refractivity contribution in [1.82, 2.24) is 0 Å². The van der Waals surface area contributed by atoms with Crippen molar-refractivity contribution in [3.8, 4) is 0 Å². The Balaban J connectivity index is 5.73. The van der Waals surface area contributed by atoms with Crippen LogP contribution in [0.1, 0.15) is 88.0 Å². The fraction of sp³-hybridized carbons (Fsp3) is 0.900. The van der Waals surface area contributed by atoms with Gasteiger partial charge < -0.3 is 5.73 Å². The van der Waals surface area contributed by atoms with Gasteiger partial charge in [-0.05, 0) is 62.7 Å². The van der Waals surface area contributed by atoms with Crippen LogP contribution in [0.5, 0.6) is 0 Å². The lowest BCUT2D eigenvalue weighted by atomic mass is 9.53. The van der Waals surface area contributed by atoms with Crippen LogP contribution in [0, 0.1) is 22.7 Å². The third-order valence-corrected chi connectivity index (χ3v) is 5.02.